The summed E-state index contributed by atoms with van der Waals surface area (Å²) in [4.78, 5) is 15.9. The number of hydrogen-bond acceptors (Lipinski definition) is 3. The summed E-state index contributed by atoms with van der Waals surface area (Å²) in [5, 5.41) is 0. The molecule has 3 aromatic rings. The van der Waals surface area contributed by atoms with Crippen LogP contribution in [0.4, 0.5) is 5.69 Å². The van der Waals surface area contributed by atoms with Crippen molar-refractivity contribution in [3.05, 3.63) is 95.6 Å². The molecule has 2 atom stereocenters. The smallest absolute Gasteiger partial charge is 0.239 e. The van der Waals surface area contributed by atoms with Gasteiger partial charge in [-0.25, -0.2) is 0 Å². The Labute approximate surface area is 190 Å². The lowest BCUT2D eigenvalue weighted by Crippen LogP contribution is -2.44. The quantitative estimate of drug-likeness (QED) is 0.554. The maximum atomic E-state index is 13.8. The van der Waals surface area contributed by atoms with Gasteiger partial charge in [0.05, 0.1) is 12.0 Å². The minimum absolute atomic E-state index is 0.0104. The minimum Gasteiger partial charge on any atom is -0.593 e. The fraction of sp³-hybridized carbons (Fsp3) is 0.269. The summed E-state index contributed by atoms with van der Waals surface area (Å²) in [5.74, 6) is 0.0104. The van der Waals surface area contributed by atoms with Gasteiger partial charge >= 0.3 is 0 Å². The summed E-state index contributed by atoms with van der Waals surface area (Å²) in [6.45, 7) is 3.02. The number of anilines is 1. The Morgan fingerprint density at radius 2 is 1.66 bits per heavy atom. The molecule has 5 rings (SSSR count). The molecule has 3 aromatic carbocycles. The van der Waals surface area contributed by atoms with Gasteiger partial charge in [-0.2, -0.15) is 0 Å². The largest absolute Gasteiger partial charge is 0.593 e. The van der Waals surface area contributed by atoms with Gasteiger partial charge < -0.3 is 9.45 Å². The van der Waals surface area contributed by atoms with Crippen LogP contribution in [0.2, 0.25) is 0 Å². The molecule has 0 N–H and O–H groups in total. The summed E-state index contributed by atoms with van der Waals surface area (Å²) in [5.41, 5.74) is 3.22. The maximum absolute atomic E-state index is 13.8. The molecule has 1 spiro atoms. The Hall–Kier alpha value is -2.80. The predicted molar refractivity (Wildman–Crippen MR) is 125 cm³/mol. The monoisotopic (exact) mass is 446 g/mol. The number of carbonyl (C=O) groups is 1. The summed E-state index contributed by atoms with van der Waals surface area (Å²) in [6, 6.07) is 24.9. The van der Waals surface area contributed by atoms with Crippen molar-refractivity contribution in [2.24, 2.45) is 0 Å². The Kier molecular flexibility index (Phi) is 5.24. The lowest BCUT2D eigenvalue weighted by molar-refractivity contribution is -0.122. The number of para-hydroxylation sites is 1. The molecule has 0 bridgehead atoms. The summed E-state index contributed by atoms with van der Waals surface area (Å²) < 4.78 is 28.1. The van der Waals surface area contributed by atoms with Gasteiger partial charge in [-0.1, -0.05) is 70.4 Å². The zero-order valence-corrected chi connectivity index (χ0v) is 18.9. The average Bonchev–Trinajstić information content (AvgIpc) is 3.36. The molecule has 2 heterocycles. The number of sulfonamides is 1. The molecule has 0 aliphatic carbocycles. The van der Waals surface area contributed by atoms with Crippen molar-refractivity contribution in [3.63, 3.8) is 0 Å². The van der Waals surface area contributed by atoms with Crippen molar-refractivity contribution in [1.29, 1.82) is 0 Å². The van der Waals surface area contributed by atoms with Crippen LogP contribution in [-0.4, -0.2) is 34.4 Å². The molecule has 0 aromatic heterocycles. The van der Waals surface area contributed by atoms with Gasteiger partial charge in [-0.05, 0) is 49.1 Å². The first-order chi connectivity index (χ1) is 15.4. The van der Waals surface area contributed by atoms with Gasteiger partial charge in [0.15, 0.2) is 15.3 Å². The number of nitrogens with zero attached hydrogens (tertiary/aromatic N) is 2. The molecule has 5 nitrogen and oxygen atoms in total. The molecular formula is C26H26N2O3S. The van der Waals surface area contributed by atoms with Crippen LogP contribution in [0.5, 0.6) is 0 Å². The van der Waals surface area contributed by atoms with Crippen LogP contribution in [-0.2, 0) is 31.2 Å². The minimum atomic E-state index is -3.66. The average molecular weight is 447 g/mol. The highest BCUT2D eigenvalue weighted by molar-refractivity contribution is 7.95. The molecule has 32 heavy (non-hydrogen) atoms. The van der Waals surface area contributed by atoms with Gasteiger partial charge in [0.25, 0.3) is 0 Å². The van der Waals surface area contributed by atoms with Crippen molar-refractivity contribution in [1.82, 2.24) is 4.31 Å². The van der Waals surface area contributed by atoms with E-state index in [9.17, 15) is 13.6 Å². The third-order valence-corrected chi connectivity index (χ3v) is 8.58. The summed E-state index contributed by atoms with van der Waals surface area (Å²) in [6.07, 6.45) is 1.25. The van der Waals surface area contributed by atoms with Gasteiger partial charge in [0, 0.05) is 18.8 Å². The summed E-state index contributed by atoms with van der Waals surface area (Å²) >= 11 is 0. The molecule has 2 unspecified atom stereocenters. The van der Waals surface area contributed by atoms with E-state index in [-0.39, 0.29) is 17.3 Å². The fourth-order valence-corrected chi connectivity index (χ4v) is 6.44. The van der Waals surface area contributed by atoms with Gasteiger partial charge in [-0.3, -0.25) is 4.79 Å². The van der Waals surface area contributed by atoms with Crippen molar-refractivity contribution in [3.8, 4) is 0 Å². The predicted octanol–water partition coefficient (Wildman–Crippen LogP) is 4.13. The van der Waals surface area contributed by atoms with Crippen LogP contribution < -0.4 is 4.90 Å². The highest BCUT2D eigenvalue weighted by Crippen LogP contribution is 2.48. The highest BCUT2D eigenvalue weighted by atomic mass is 32.3. The number of amides is 1. The van der Waals surface area contributed by atoms with Crippen LogP contribution in [0.1, 0.15) is 23.1 Å². The van der Waals surface area contributed by atoms with E-state index >= 15 is 0 Å². The van der Waals surface area contributed by atoms with Gasteiger partial charge in [0.1, 0.15) is 0 Å². The Morgan fingerprint density at radius 3 is 2.41 bits per heavy atom. The lowest BCUT2D eigenvalue weighted by atomic mass is 9.81. The van der Waals surface area contributed by atoms with E-state index in [0.717, 1.165) is 23.2 Å². The second-order valence-corrected chi connectivity index (χ2v) is 10.6. The molecular weight excluding hydrogens is 420 g/mol. The van der Waals surface area contributed by atoms with Crippen molar-refractivity contribution in [2.75, 3.05) is 24.5 Å². The Balaban J connectivity index is 1.44. The third-order valence-electron chi connectivity index (χ3n) is 6.72. The van der Waals surface area contributed by atoms with E-state index in [1.54, 1.807) is 24.3 Å². The maximum Gasteiger partial charge on any atom is 0.239 e. The number of rotatable bonds is 5. The van der Waals surface area contributed by atoms with Crippen molar-refractivity contribution in [2.45, 2.75) is 30.1 Å². The fourth-order valence-electron chi connectivity index (χ4n) is 4.94. The van der Waals surface area contributed by atoms with E-state index in [1.165, 1.54) is 9.87 Å². The molecule has 1 saturated heterocycles. The van der Waals surface area contributed by atoms with Crippen molar-refractivity contribution < 1.29 is 13.6 Å². The van der Waals surface area contributed by atoms with Crippen LogP contribution >= 0.6 is 0 Å². The zero-order chi connectivity index (χ0) is 22.3. The topological polar surface area (TPSA) is 63.7 Å². The summed E-state index contributed by atoms with van der Waals surface area (Å²) in [7, 11) is -3.66. The standard InChI is InChI=1S/C26H26N2O3S/c1-20-11-13-22(14-12-20)32(30,31)27-18-16-26(19-27)23-9-5-6-10-24(23)28(25(26)29)17-15-21-7-3-2-4-8-21/h2-14H,15-19H2,1H3. The molecule has 1 fully saturated rings. The van der Waals surface area contributed by atoms with E-state index in [0.29, 0.717) is 19.5 Å². The number of benzene rings is 3. The number of hydrogen-bond donors (Lipinski definition) is 0. The highest BCUT2D eigenvalue weighted by Gasteiger charge is 2.57. The molecule has 0 saturated carbocycles. The first-order valence-electron chi connectivity index (χ1n) is 10.9. The molecule has 2 aliphatic rings. The van der Waals surface area contributed by atoms with E-state index in [2.05, 4.69) is 12.1 Å². The van der Waals surface area contributed by atoms with Crippen LogP contribution in [0.15, 0.2) is 83.8 Å². The number of aryl methyl sites for hydroxylation is 1. The first kappa shape index (κ1) is 21.1. The van der Waals surface area contributed by atoms with Crippen LogP contribution in [0.25, 0.3) is 0 Å². The van der Waals surface area contributed by atoms with Crippen LogP contribution in [0, 0.1) is 6.92 Å². The molecule has 164 valence electrons. The first-order valence-corrected chi connectivity index (χ1v) is 12.4. The molecule has 0 radical (unpaired) electrons. The van der Waals surface area contributed by atoms with Crippen LogP contribution in [0.3, 0.4) is 0 Å². The normalized spacial score (nSPS) is 22.3. The Bertz CT molecular complexity index is 1200. The Morgan fingerprint density at radius 1 is 0.969 bits per heavy atom. The zero-order valence-electron chi connectivity index (χ0n) is 18.1. The van der Waals surface area contributed by atoms with Gasteiger partial charge in [-0.15, -0.1) is 4.31 Å². The van der Waals surface area contributed by atoms with E-state index in [4.69, 9.17) is 0 Å². The molecule has 1 amide bonds. The third kappa shape index (κ3) is 3.39. The van der Waals surface area contributed by atoms with E-state index in [1.807, 2.05) is 54.3 Å². The van der Waals surface area contributed by atoms with E-state index < -0.39 is 15.8 Å². The second kappa shape index (κ2) is 7.96. The van der Waals surface area contributed by atoms with Crippen molar-refractivity contribution >= 4 is 22.0 Å². The molecule has 6 heteroatoms. The second-order valence-electron chi connectivity index (χ2n) is 8.69. The number of fused-ring (bicyclic) bond motifs is 2. The van der Waals surface area contributed by atoms with Gasteiger partial charge in [0.2, 0.25) is 5.91 Å². The molecule has 2 aliphatic heterocycles. The lowest BCUT2D eigenvalue weighted by Gasteiger charge is -2.26. The number of carbonyl (C=O) groups excluding carboxylic acids is 1. The SMILES string of the molecule is Cc1ccc([S+](=O)([O-])N2CCC3(C2)C(=O)N(CCc2ccccc2)c2ccccc23)cc1.